The number of carbonyl (C=O) groups is 1. The standard InChI is InChI=1S/C15H17N3O.2ClH/c19-15(14-7-3-4-8-16-14)18-12-9-11-5-1-2-6-13(11)17-10-12;;/h1-2,5-6,9-10,14,16H,3-4,7-8H2,(H,18,19);2*1H/t14-;;/m0../s1. The lowest BCUT2D eigenvalue weighted by Gasteiger charge is -2.22. The van der Waals surface area contributed by atoms with Crippen molar-refractivity contribution in [3.63, 3.8) is 0 Å². The molecule has 0 saturated carbocycles. The highest BCUT2D eigenvalue weighted by Crippen LogP contribution is 2.17. The number of pyridine rings is 1. The van der Waals surface area contributed by atoms with E-state index in [1.165, 1.54) is 0 Å². The molecule has 4 nitrogen and oxygen atoms in total. The fourth-order valence-corrected chi connectivity index (χ4v) is 2.44. The third-order valence-corrected chi connectivity index (χ3v) is 3.48. The van der Waals surface area contributed by atoms with Crippen LogP contribution in [0, 0.1) is 0 Å². The molecule has 2 aromatic rings. The highest BCUT2D eigenvalue weighted by atomic mass is 35.5. The lowest BCUT2D eigenvalue weighted by molar-refractivity contribution is -0.118. The van der Waals surface area contributed by atoms with Crippen LogP contribution in [-0.4, -0.2) is 23.5 Å². The van der Waals surface area contributed by atoms with Crippen molar-refractivity contribution in [1.82, 2.24) is 10.3 Å². The van der Waals surface area contributed by atoms with Crippen molar-refractivity contribution in [2.45, 2.75) is 25.3 Å². The van der Waals surface area contributed by atoms with Crippen LogP contribution in [0.4, 0.5) is 5.69 Å². The maximum Gasteiger partial charge on any atom is 0.241 e. The number of carbonyl (C=O) groups excluding carboxylic acids is 1. The first-order valence-corrected chi connectivity index (χ1v) is 6.72. The molecule has 1 aliphatic rings. The summed E-state index contributed by atoms with van der Waals surface area (Å²) in [7, 11) is 0. The molecule has 0 unspecified atom stereocenters. The number of amides is 1. The third kappa shape index (κ3) is 4.30. The molecule has 2 heterocycles. The predicted molar refractivity (Wildman–Crippen MR) is 90.5 cm³/mol. The summed E-state index contributed by atoms with van der Waals surface area (Å²) in [6, 6.07) is 9.78. The Hall–Kier alpha value is -1.36. The van der Waals surface area contributed by atoms with Gasteiger partial charge in [-0.05, 0) is 31.5 Å². The Balaban J connectivity index is 0.00000110. The van der Waals surface area contributed by atoms with Crippen molar-refractivity contribution < 1.29 is 4.79 Å². The molecule has 6 heteroatoms. The molecule has 114 valence electrons. The van der Waals surface area contributed by atoms with Crippen molar-refractivity contribution in [3.05, 3.63) is 36.5 Å². The van der Waals surface area contributed by atoms with Crippen LogP contribution in [0.15, 0.2) is 36.5 Å². The van der Waals surface area contributed by atoms with E-state index in [1.54, 1.807) is 6.20 Å². The fraction of sp³-hybridized carbons (Fsp3) is 0.333. The van der Waals surface area contributed by atoms with E-state index < -0.39 is 0 Å². The smallest absolute Gasteiger partial charge is 0.241 e. The number of piperidine rings is 1. The van der Waals surface area contributed by atoms with Crippen LogP contribution in [0.3, 0.4) is 0 Å². The minimum absolute atomic E-state index is 0. The minimum Gasteiger partial charge on any atom is -0.323 e. The highest BCUT2D eigenvalue weighted by molar-refractivity contribution is 5.96. The Labute approximate surface area is 136 Å². The molecule has 3 rings (SSSR count). The molecule has 0 bridgehead atoms. The number of hydrogen-bond donors (Lipinski definition) is 2. The Kier molecular flexibility index (Phi) is 6.89. The average Bonchev–Trinajstić information content (AvgIpc) is 2.48. The van der Waals surface area contributed by atoms with Crippen molar-refractivity contribution in [3.8, 4) is 0 Å². The van der Waals surface area contributed by atoms with E-state index in [0.29, 0.717) is 0 Å². The number of fused-ring (bicyclic) bond motifs is 1. The van der Waals surface area contributed by atoms with E-state index >= 15 is 0 Å². The molecular formula is C15H19Cl2N3O. The van der Waals surface area contributed by atoms with E-state index in [0.717, 1.165) is 42.4 Å². The maximum absolute atomic E-state index is 12.1. The average molecular weight is 328 g/mol. The van der Waals surface area contributed by atoms with Gasteiger partial charge in [0.05, 0.1) is 23.4 Å². The Bertz CT molecular complexity index is 600. The first-order valence-electron chi connectivity index (χ1n) is 6.72. The van der Waals surface area contributed by atoms with Crippen LogP contribution in [0.5, 0.6) is 0 Å². The zero-order valence-corrected chi connectivity index (χ0v) is 13.2. The largest absolute Gasteiger partial charge is 0.323 e. The monoisotopic (exact) mass is 327 g/mol. The number of benzene rings is 1. The van der Waals surface area contributed by atoms with Crippen LogP contribution in [0.2, 0.25) is 0 Å². The summed E-state index contributed by atoms with van der Waals surface area (Å²) in [5.41, 5.74) is 1.70. The van der Waals surface area contributed by atoms with Crippen LogP contribution >= 0.6 is 24.8 Å². The molecule has 0 aliphatic carbocycles. The van der Waals surface area contributed by atoms with E-state index in [9.17, 15) is 4.79 Å². The molecule has 0 radical (unpaired) electrons. The van der Waals surface area contributed by atoms with E-state index in [1.807, 2.05) is 30.3 Å². The van der Waals surface area contributed by atoms with E-state index in [4.69, 9.17) is 0 Å². The minimum atomic E-state index is -0.0692. The van der Waals surface area contributed by atoms with Gasteiger partial charge in [-0.15, -0.1) is 24.8 Å². The van der Waals surface area contributed by atoms with Gasteiger partial charge >= 0.3 is 0 Å². The molecule has 1 aromatic carbocycles. The Morgan fingerprint density at radius 2 is 2.05 bits per heavy atom. The molecule has 2 N–H and O–H groups in total. The quantitative estimate of drug-likeness (QED) is 0.890. The van der Waals surface area contributed by atoms with Gasteiger partial charge in [0, 0.05) is 5.39 Å². The summed E-state index contributed by atoms with van der Waals surface area (Å²) >= 11 is 0. The fourth-order valence-electron chi connectivity index (χ4n) is 2.44. The van der Waals surface area contributed by atoms with Gasteiger partial charge in [-0.25, -0.2) is 0 Å². The molecule has 0 spiro atoms. The maximum atomic E-state index is 12.1. The van der Waals surface area contributed by atoms with Crippen LogP contribution in [0.1, 0.15) is 19.3 Å². The molecule has 1 atom stereocenters. The number of aromatic nitrogens is 1. The molecule has 1 fully saturated rings. The lowest BCUT2D eigenvalue weighted by Crippen LogP contribution is -2.43. The summed E-state index contributed by atoms with van der Waals surface area (Å²) in [5, 5.41) is 7.22. The molecule has 1 aliphatic heterocycles. The number of para-hydroxylation sites is 1. The Morgan fingerprint density at radius 1 is 1.24 bits per heavy atom. The summed E-state index contributed by atoms with van der Waals surface area (Å²) in [6.45, 7) is 0.925. The zero-order chi connectivity index (χ0) is 13.1. The third-order valence-electron chi connectivity index (χ3n) is 3.48. The normalized spacial score (nSPS) is 17.4. The van der Waals surface area contributed by atoms with Gasteiger partial charge in [-0.1, -0.05) is 24.6 Å². The second-order valence-corrected chi connectivity index (χ2v) is 4.91. The van der Waals surface area contributed by atoms with Crippen molar-refractivity contribution >= 4 is 47.3 Å². The first-order chi connectivity index (χ1) is 9.33. The first kappa shape index (κ1) is 17.7. The Morgan fingerprint density at radius 3 is 2.81 bits per heavy atom. The number of nitrogens with one attached hydrogen (secondary N) is 2. The van der Waals surface area contributed by atoms with Gasteiger partial charge in [0.15, 0.2) is 0 Å². The zero-order valence-electron chi connectivity index (χ0n) is 11.5. The SMILES string of the molecule is Cl.Cl.O=C(Nc1cnc2ccccc2c1)[C@@H]1CCCCN1. The van der Waals surface area contributed by atoms with Crippen molar-refractivity contribution in [2.75, 3.05) is 11.9 Å². The number of halogens is 2. The van der Waals surface area contributed by atoms with Gasteiger partial charge in [0.2, 0.25) is 5.91 Å². The molecule has 21 heavy (non-hydrogen) atoms. The molecule has 1 amide bonds. The van der Waals surface area contributed by atoms with Gasteiger partial charge in [-0.3, -0.25) is 9.78 Å². The number of rotatable bonds is 2. The van der Waals surface area contributed by atoms with Crippen LogP contribution in [-0.2, 0) is 4.79 Å². The number of hydrogen-bond acceptors (Lipinski definition) is 3. The second-order valence-electron chi connectivity index (χ2n) is 4.91. The summed E-state index contributed by atoms with van der Waals surface area (Å²) in [6.07, 6.45) is 4.89. The van der Waals surface area contributed by atoms with Crippen molar-refractivity contribution in [2.24, 2.45) is 0 Å². The molecule has 1 saturated heterocycles. The van der Waals surface area contributed by atoms with Gasteiger partial charge < -0.3 is 10.6 Å². The number of anilines is 1. The topological polar surface area (TPSA) is 54.0 Å². The van der Waals surface area contributed by atoms with Gasteiger partial charge in [0.1, 0.15) is 0 Å². The van der Waals surface area contributed by atoms with Gasteiger partial charge in [0.25, 0.3) is 0 Å². The number of nitrogens with zero attached hydrogens (tertiary/aromatic N) is 1. The van der Waals surface area contributed by atoms with E-state index in [2.05, 4.69) is 15.6 Å². The molecule has 1 aromatic heterocycles. The highest BCUT2D eigenvalue weighted by Gasteiger charge is 2.20. The summed E-state index contributed by atoms with van der Waals surface area (Å²) < 4.78 is 0. The second kappa shape index (κ2) is 8.17. The van der Waals surface area contributed by atoms with Gasteiger partial charge in [-0.2, -0.15) is 0 Å². The lowest BCUT2D eigenvalue weighted by atomic mass is 10.0. The van der Waals surface area contributed by atoms with Crippen molar-refractivity contribution in [1.29, 1.82) is 0 Å². The summed E-state index contributed by atoms with van der Waals surface area (Å²) in [4.78, 5) is 16.4. The summed E-state index contributed by atoms with van der Waals surface area (Å²) in [5.74, 6) is 0.0387. The van der Waals surface area contributed by atoms with Crippen LogP contribution in [0.25, 0.3) is 10.9 Å². The predicted octanol–water partition coefficient (Wildman–Crippen LogP) is 3.16. The van der Waals surface area contributed by atoms with E-state index in [-0.39, 0.29) is 36.8 Å². The molecular weight excluding hydrogens is 309 g/mol. The van der Waals surface area contributed by atoms with Crippen LogP contribution < -0.4 is 10.6 Å².